The van der Waals surface area contributed by atoms with Crippen molar-refractivity contribution in [3.05, 3.63) is 76.6 Å². The summed E-state index contributed by atoms with van der Waals surface area (Å²) in [5.41, 5.74) is 0.132. The summed E-state index contributed by atoms with van der Waals surface area (Å²) in [6.07, 6.45) is -1.91. The van der Waals surface area contributed by atoms with E-state index >= 15 is 0 Å². The number of carbonyl (C=O) groups excluding carboxylic acids is 1. The fourth-order valence-corrected chi connectivity index (χ4v) is 4.23. The van der Waals surface area contributed by atoms with Crippen molar-refractivity contribution in [3.8, 4) is 0 Å². The van der Waals surface area contributed by atoms with Crippen LogP contribution in [0, 0.1) is 6.92 Å². The van der Waals surface area contributed by atoms with E-state index in [0.717, 1.165) is 12.1 Å². The van der Waals surface area contributed by atoms with Crippen molar-refractivity contribution in [2.24, 2.45) is 7.05 Å². The number of aromatic nitrogens is 2. The second-order valence-electron chi connectivity index (χ2n) is 6.95. The molecule has 1 amide bonds. The Balaban J connectivity index is 1.76. The minimum absolute atomic E-state index is 0.172. The molecule has 3 rings (SSSR count). The van der Waals surface area contributed by atoms with Crippen LogP contribution in [0.15, 0.2) is 59.5 Å². The average molecular weight is 499 g/mol. The zero-order chi connectivity index (χ0) is 24.4. The second-order valence-corrected chi connectivity index (χ2v) is 8.99. The molecule has 3 aromatic rings. The van der Waals surface area contributed by atoms with E-state index in [-0.39, 0.29) is 16.3 Å². The van der Waals surface area contributed by atoms with Crippen LogP contribution in [0.2, 0.25) is 5.15 Å². The molecular weight excluding hydrogens is 481 g/mol. The molecule has 0 saturated heterocycles. The van der Waals surface area contributed by atoms with E-state index in [2.05, 4.69) is 15.1 Å². The van der Waals surface area contributed by atoms with E-state index < -0.39 is 27.7 Å². The van der Waals surface area contributed by atoms with Crippen LogP contribution >= 0.6 is 11.6 Å². The molecule has 0 atom stereocenters. The minimum atomic E-state index is -4.61. The number of benzene rings is 2. The molecule has 0 aliphatic heterocycles. The van der Waals surface area contributed by atoms with Gasteiger partial charge in [0.15, 0.2) is 0 Å². The molecule has 0 spiro atoms. The standard InChI is InChI=1S/C21H18ClF3N4O3S/c1-13-18(20(22)29(2)27-13)9-10-19(30)26-15-6-4-8-17(12-15)33(31,32)28-16-7-3-5-14(11-16)21(23,24)25/h3-12,28H,1-2H3,(H,26,30)/b10-9+. The first-order valence-corrected chi connectivity index (χ1v) is 11.2. The molecular formula is C21H18ClF3N4O3S. The largest absolute Gasteiger partial charge is 0.416 e. The first kappa shape index (κ1) is 24.3. The number of nitrogens with zero attached hydrogens (tertiary/aromatic N) is 2. The van der Waals surface area contributed by atoms with Crippen molar-refractivity contribution in [2.75, 3.05) is 10.0 Å². The van der Waals surface area contributed by atoms with Crippen LogP contribution in [0.4, 0.5) is 24.5 Å². The summed E-state index contributed by atoms with van der Waals surface area (Å²) in [5.74, 6) is -0.547. The molecule has 2 N–H and O–H groups in total. The van der Waals surface area contributed by atoms with Gasteiger partial charge in [0.05, 0.1) is 16.2 Å². The van der Waals surface area contributed by atoms with Crippen LogP contribution in [-0.2, 0) is 28.0 Å². The maximum absolute atomic E-state index is 12.9. The van der Waals surface area contributed by atoms with Crippen molar-refractivity contribution < 1.29 is 26.4 Å². The zero-order valence-corrected chi connectivity index (χ0v) is 18.9. The van der Waals surface area contributed by atoms with Gasteiger partial charge in [-0.1, -0.05) is 23.7 Å². The molecule has 174 valence electrons. The van der Waals surface area contributed by atoms with Gasteiger partial charge in [-0.25, -0.2) is 8.42 Å². The highest BCUT2D eigenvalue weighted by Crippen LogP contribution is 2.31. The van der Waals surface area contributed by atoms with Crippen LogP contribution in [0.3, 0.4) is 0 Å². The van der Waals surface area contributed by atoms with Crippen molar-refractivity contribution in [1.82, 2.24) is 9.78 Å². The third kappa shape index (κ3) is 5.93. The Bertz CT molecular complexity index is 1330. The normalized spacial score (nSPS) is 12.2. The first-order chi connectivity index (χ1) is 15.4. The van der Waals surface area contributed by atoms with Gasteiger partial charge in [-0.3, -0.25) is 14.2 Å². The fourth-order valence-electron chi connectivity index (χ4n) is 2.89. The quantitative estimate of drug-likeness (QED) is 0.475. The Kier molecular flexibility index (Phi) is 6.84. The number of halogens is 4. The van der Waals surface area contributed by atoms with Crippen LogP contribution in [-0.4, -0.2) is 24.1 Å². The summed E-state index contributed by atoms with van der Waals surface area (Å²) in [6, 6.07) is 9.12. The molecule has 1 aromatic heterocycles. The lowest BCUT2D eigenvalue weighted by atomic mass is 10.2. The highest BCUT2D eigenvalue weighted by molar-refractivity contribution is 7.92. The molecule has 1 heterocycles. The maximum atomic E-state index is 12.9. The van der Waals surface area contributed by atoms with Gasteiger partial charge >= 0.3 is 6.18 Å². The summed E-state index contributed by atoms with van der Waals surface area (Å²) in [5, 5.41) is 7.01. The van der Waals surface area contributed by atoms with Gasteiger partial charge in [0.2, 0.25) is 5.91 Å². The topological polar surface area (TPSA) is 93.1 Å². The summed E-state index contributed by atoms with van der Waals surface area (Å²) in [7, 11) is -2.55. The first-order valence-electron chi connectivity index (χ1n) is 9.35. The van der Waals surface area contributed by atoms with Crippen LogP contribution in [0.1, 0.15) is 16.8 Å². The molecule has 0 saturated carbocycles. The fraction of sp³-hybridized carbons (Fsp3) is 0.143. The van der Waals surface area contributed by atoms with Crippen molar-refractivity contribution in [3.63, 3.8) is 0 Å². The molecule has 12 heteroatoms. The molecule has 0 radical (unpaired) electrons. The Hall–Kier alpha value is -3.31. The number of aryl methyl sites for hydroxylation is 2. The highest BCUT2D eigenvalue weighted by atomic mass is 35.5. The number of hydrogen-bond donors (Lipinski definition) is 2. The van der Waals surface area contributed by atoms with Crippen molar-refractivity contribution in [2.45, 2.75) is 18.0 Å². The second kappa shape index (κ2) is 9.28. The third-order valence-electron chi connectivity index (χ3n) is 4.45. The number of nitrogens with one attached hydrogen (secondary N) is 2. The van der Waals surface area contributed by atoms with Gasteiger partial charge < -0.3 is 5.32 Å². The maximum Gasteiger partial charge on any atom is 0.416 e. The van der Waals surface area contributed by atoms with Gasteiger partial charge in [0.1, 0.15) is 5.15 Å². The van der Waals surface area contributed by atoms with Crippen LogP contribution in [0.25, 0.3) is 6.08 Å². The number of amides is 1. The van der Waals surface area contributed by atoms with Crippen LogP contribution in [0.5, 0.6) is 0 Å². The van der Waals surface area contributed by atoms with E-state index in [0.29, 0.717) is 22.5 Å². The summed E-state index contributed by atoms with van der Waals surface area (Å²) in [6.45, 7) is 1.73. The molecule has 7 nitrogen and oxygen atoms in total. The molecule has 0 aliphatic rings. The summed E-state index contributed by atoms with van der Waals surface area (Å²) >= 11 is 6.11. The Morgan fingerprint density at radius 1 is 1.12 bits per heavy atom. The Morgan fingerprint density at radius 3 is 2.42 bits per heavy atom. The molecule has 0 fully saturated rings. The minimum Gasteiger partial charge on any atom is -0.322 e. The lowest BCUT2D eigenvalue weighted by molar-refractivity contribution is -0.137. The van der Waals surface area contributed by atoms with Crippen molar-refractivity contribution in [1.29, 1.82) is 0 Å². The van der Waals surface area contributed by atoms with E-state index in [4.69, 9.17) is 11.6 Å². The van der Waals surface area contributed by atoms with E-state index in [1.54, 1.807) is 14.0 Å². The number of alkyl halides is 3. The number of carbonyl (C=O) groups is 1. The SMILES string of the molecule is Cc1nn(C)c(Cl)c1/C=C/C(=O)Nc1cccc(S(=O)(=O)Nc2cccc(C(F)(F)F)c2)c1. The number of rotatable bonds is 6. The molecule has 0 bridgehead atoms. The van der Waals surface area contributed by atoms with E-state index in [1.165, 1.54) is 47.2 Å². The Morgan fingerprint density at radius 2 is 1.79 bits per heavy atom. The summed E-state index contributed by atoms with van der Waals surface area (Å²) in [4.78, 5) is 12.0. The number of hydrogen-bond acceptors (Lipinski definition) is 4. The van der Waals surface area contributed by atoms with Crippen molar-refractivity contribution >= 4 is 45.0 Å². The average Bonchev–Trinajstić information content (AvgIpc) is 2.97. The molecule has 0 aliphatic carbocycles. The highest BCUT2D eigenvalue weighted by Gasteiger charge is 2.30. The van der Waals surface area contributed by atoms with Gasteiger partial charge in [0.25, 0.3) is 10.0 Å². The van der Waals surface area contributed by atoms with Gasteiger partial charge in [-0.15, -0.1) is 0 Å². The predicted molar refractivity (Wildman–Crippen MR) is 119 cm³/mol. The predicted octanol–water partition coefficient (Wildman–Crippen LogP) is 4.85. The molecule has 0 unspecified atom stereocenters. The monoisotopic (exact) mass is 498 g/mol. The van der Waals surface area contributed by atoms with Crippen LogP contribution < -0.4 is 10.0 Å². The lowest BCUT2D eigenvalue weighted by Crippen LogP contribution is -2.15. The molecule has 33 heavy (non-hydrogen) atoms. The van der Waals surface area contributed by atoms with Gasteiger partial charge in [0, 0.05) is 30.1 Å². The lowest BCUT2D eigenvalue weighted by Gasteiger charge is -2.12. The molecule has 2 aromatic carbocycles. The summed E-state index contributed by atoms with van der Waals surface area (Å²) < 4.78 is 67.5. The van der Waals surface area contributed by atoms with Gasteiger partial charge in [-0.05, 0) is 49.4 Å². The number of sulfonamides is 1. The number of anilines is 2. The van der Waals surface area contributed by atoms with E-state index in [1.807, 2.05) is 0 Å². The zero-order valence-electron chi connectivity index (χ0n) is 17.3. The van der Waals surface area contributed by atoms with Gasteiger partial charge in [-0.2, -0.15) is 18.3 Å². The van der Waals surface area contributed by atoms with E-state index in [9.17, 15) is 26.4 Å². The smallest absolute Gasteiger partial charge is 0.322 e. The Labute approximate surface area is 192 Å². The third-order valence-corrected chi connectivity index (χ3v) is 6.28.